The Hall–Kier alpha value is -0.0200. The van der Waals surface area contributed by atoms with E-state index >= 15 is 0 Å². The predicted molar refractivity (Wildman–Crippen MR) is 80.3 cm³/mol. The molecule has 2 rings (SSSR count). The third-order valence-electron chi connectivity index (χ3n) is 3.01. The summed E-state index contributed by atoms with van der Waals surface area (Å²) in [6.07, 6.45) is 1.41. The minimum Gasteiger partial charge on any atom is -0.393 e. The van der Waals surface area contributed by atoms with Crippen molar-refractivity contribution in [1.82, 2.24) is 4.31 Å². The number of thiophene rings is 1. The number of thiocarbonyl (C=S) groups is 1. The summed E-state index contributed by atoms with van der Waals surface area (Å²) in [5.74, 6) is 0.165. The molecule has 1 fully saturated rings. The van der Waals surface area contributed by atoms with Crippen LogP contribution in [0.25, 0.3) is 0 Å². The van der Waals surface area contributed by atoms with Crippen LogP contribution in [0.15, 0.2) is 20.1 Å². The summed E-state index contributed by atoms with van der Waals surface area (Å²) in [6.45, 7) is 0.962. The molecule has 4 nitrogen and oxygen atoms in total. The van der Waals surface area contributed by atoms with Crippen molar-refractivity contribution in [3.63, 3.8) is 0 Å². The fraction of sp³-hybridized carbons (Fsp3) is 0.500. The van der Waals surface area contributed by atoms with Crippen molar-refractivity contribution in [2.75, 3.05) is 13.1 Å². The Morgan fingerprint density at radius 1 is 1.50 bits per heavy atom. The zero-order valence-corrected chi connectivity index (χ0v) is 13.5. The Kier molecular flexibility index (Phi) is 4.43. The lowest BCUT2D eigenvalue weighted by atomic mass is 9.98. The van der Waals surface area contributed by atoms with Gasteiger partial charge in [0.2, 0.25) is 0 Å². The Morgan fingerprint density at radius 2 is 2.11 bits per heavy atom. The molecule has 2 N–H and O–H groups in total. The molecule has 1 aliphatic heterocycles. The molecule has 0 bridgehead atoms. The first-order valence-corrected chi connectivity index (χ1v) is 8.97. The van der Waals surface area contributed by atoms with Gasteiger partial charge in [0.15, 0.2) is 0 Å². The molecule has 100 valence electrons. The second kappa shape index (κ2) is 5.54. The zero-order valence-electron chi connectivity index (χ0n) is 9.50. The van der Waals surface area contributed by atoms with Gasteiger partial charge in [-0.3, -0.25) is 0 Å². The second-order valence-corrected chi connectivity index (χ2v) is 8.51. The molecule has 0 unspecified atom stereocenters. The van der Waals surface area contributed by atoms with Crippen LogP contribution in [-0.2, 0) is 10.0 Å². The number of hydrogen-bond donors (Lipinski definition) is 1. The topological polar surface area (TPSA) is 63.4 Å². The highest BCUT2D eigenvalue weighted by molar-refractivity contribution is 9.10. The number of rotatable bonds is 3. The highest BCUT2D eigenvalue weighted by Crippen LogP contribution is 2.32. The van der Waals surface area contributed by atoms with E-state index < -0.39 is 10.0 Å². The predicted octanol–water partition coefficient (Wildman–Crippen LogP) is 2.20. The molecule has 0 amide bonds. The van der Waals surface area contributed by atoms with Crippen LogP contribution in [0.2, 0.25) is 0 Å². The van der Waals surface area contributed by atoms with E-state index in [-0.39, 0.29) is 5.92 Å². The summed E-state index contributed by atoms with van der Waals surface area (Å²) in [7, 11) is -3.38. The van der Waals surface area contributed by atoms with Gasteiger partial charge in [0.25, 0.3) is 10.0 Å². The fourth-order valence-corrected chi connectivity index (χ4v) is 6.12. The van der Waals surface area contributed by atoms with Gasteiger partial charge in [-0.25, -0.2) is 8.42 Å². The van der Waals surface area contributed by atoms with Crippen LogP contribution in [0.3, 0.4) is 0 Å². The maximum Gasteiger partial charge on any atom is 0.253 e. The second-order valence-electron chi connectivity index (χ2n) is 4.14. The summed E-state index contributed by atoms with van der Waals surface area (Å²) >= 11 is 9.45. The molecule has 8 heteroatoms. The summed E-state index contributed by atoms with van der Waals surface area (Å²) in [5, 5.41) is 1.76. The highest BCUT2D eigenvalue weighted by atomic mass is 79.9. The van der Waals surface area contributed by atoms with Gasteiger partial charge in [-0.1, -0.05) is 12.2 Å². The first-order chi connectivity index (χ1) is 8.43. The molecule has 2 heterocycles. The first-order valence-electron chi connectivity index (χ1n) is 5.45. The van der Waals surface area contributed by atoms with Crippen molar-refractivity contribution in [3.05, 3.63) is 15.9 Å². The monoisotopic (exact) mass is 368 g/mol. The molecular weight excluding hydrogens is 356 g/mol. The minimum absolute atomic E-state index is 0.165. The van der Waals surface area contributed by atoms with Crippen molar-refractivity contribution >= 4 is 54.5 Å². The van der Waals surface area contributed by atoms with E-state index in [9.17, 15) is 8.42 Å². The third-order valence-corrected chi connectivity index (χ3v) is 7.89. The first kappa shape index (κ1) is 14.4. The summed E-state index contributed by atoms with van der Waals surface area (Å²) in [4.78, 5) is 0.490. The van der Waals surface area contributed by atoms with Crippen molar-refractivity contribution in [2.24, 2.45) is 11.7 Å². The molecule has 1 aliphatic rings. The molecule has 0 aliphatic carbocycles. The zero-order chi connectivity index (χ0) is 13.3. The van der Waals surface area contributed by atoms with E-state index in [4.69, 9.17) is 18.0 Å². The SMILES string of the molecule is NC(=S)C1CCN(S(=O)(=O)c2sccc2Br)CC1. The summed E-state index contributed by atoms with van der Waals surface area (Å²) < 4.78 is 27.3. The number of nitrogens with zero attached hydrogens (tertiary/aromatic N) is 1. The summed E-state index contributed by atoms with van der Waals surface area (Å²) in [5.41, 5.74) is 5.60. The van der Waals surface area contributed by atoms with Crippen LogP contribution in [0.1, 0.15) is 12.8 Å². The van der Waals surface area contributed by atoms with Crippen LogP contribution >= 0.6 is 39.5 Å². The van der Waals surface area contributed by atoms with E-state index in [1.165, 1.54) is 15.6 Å². The maximum absolute atomic E-state index is 12.4. The Labute approximate surface area is 124 Å². The molecule has 0 saturated carbocycles. The smallest absolute Gasteiger partial charge is 0.253 e. The van der Waals surface area contributed by atoms with Gasteiger partial charge in [0.1, 0.15) is 4.21 Å². The number of sulfonamides is 1. The lowest BCUT2D eigenvalue weighted by Gasteiger charge is -2.30. The van der Waals surface area contributed by atoms with Gasteiger partial charge in [0.05, 0.1) is 4.99 Å². The van der Waals surface area contributed by atoms with Gasteiger partial charge < -0.3 is 5.73 Å². The number of halogens is 1. The molecule has 0 atom stereocenters. The Bertz CT molecular complexity index is 547. The lowest BCUT2D eigenvalue weighted by molar-refractivity contribution is 0.317. The van der Waals surface area contributed by atoms with E-state index in [1.54, 1.807) is 11.4 Å². The van der Waals surface area contributed by atoms with Crippen LogP contribution in [-0.4, -0.2) is 30.8 Å². The Morgan fingerprint density at radius 3 is 2.56 bits per heavy atom. The van der Waals surface area contributed by atoms with Crippen LogP contribution in [0, 0.1) is 5.92 Å². The minimum atomic E-state index is -3.38. The number of piperidine rings is 1. The molecule has 0 spiro atoms. The standard InChI is InChI=1S/C10H13BrN2O2S3/c11-8-3-6-17-10(8)18(14,15)13-4-1-7(2-5-13)9(12)16/h3,6-7H,1-2,4-5H2,(H2,12,16). The van der Waals surface area contributed by atoms with Crippen LogP contribution < -0.4 is 5.73 Å². The largest absolute Gasteiger partial charge is 0.393 e. The maximum atomic E-state index is 12.4. The van der Waals surface area contributed by atoms with Gasteiger partial charge >= 0.3 is 0 Å². The summed E-state index contributed by atoms with van der Waals surface area (Å²) in [6, 6.07) is 1.75. The fourth-order valence-electron chi connectivity index (χ4n) is 1.96. The molecular formula is C10H13BrN2O2S3. The highest BCUT2D eigenvalue weighted by Gasteiger charge is 2.32. The molecule has 0 radical (unpaired) electrons. The van der Waals surface area contributed by atoms with Crippen molar-refractivity contribution < 1.29 is 8.42 Å². The Balaban J connectivity index is 2.15. The third kappa shape index (κ3) is 2.77. The molecule has 18 heavy (non-hydrogen) atoms. The molecule has 1 aromatic rings. The average Bonchev–Trinajstić information content (AvgIpc) is 2.76. The van der Waals surface area contributed by atoms with Crippen molar-refractivity contribution in [3.8, 4) is 0 Å². The van der Waals surface area contributed by atoms with Crippen molar-refractivity contribution in [1.29, 1.82) is 0 Å². The normalized spacial score (nSPS) is 18.9. The van der Waals surface area contributed by atoms with E-state index in [1.807, 2.05) is 0 Å². The van der Waals surface area contributed by atoms with Crippen molar-refractivity contribution in [2.45, 2.75) is 17.1 Å². The molecule has 1 aromatic heterocycles. The lowest BCUT2D eigenvalue weighted by Crippen LogP contribution is -2.41. The van der Waals surface area contributed by atoms with Gasteiger partial charge in [0, 0.05) is 23.5 Å². The van der Waals surface area contributed by atoms with Crippen LogP contribution in [0.4, 0.5) is 0 Å². The van der Waals surface area contributed by atoms with E-state index in [0.29, 0.717) is 39.6 Å². The van der Waals surface area contributed by atoms with E-state index in [0.717, 1.165) is 0 Å². The number of nitrogens with two attached hydrogens (primary N) is 1. The number of hydrogen-bond acceptors (Lipinski definition) is 4. The quantitative estimate of drug-likeness (QED) is 0.830. The van der Waals surface area contributed by atoms with Crippen LogP contribution in [0.5, 0.6) is 0 Å². The van der Waals surface area contributed by atoms with Gasteiger partial charge in [-0.2, -0.15) is 4.31 Å². The van der Waals surface area contributed by atoms with Gasteiger partial charge in [-0.15, -0.1) is 11.3 Å². The van der Waals surface area contributed by atoms with Gasteiger partial charge in [-0.05, 0) is 40.2 Å². The molecule has 0 aromatic carbocycles. The average molecular weight is 369 g/mol. The molecule has 1 saturated heterocycles. The van der Waals surface area contributed by atoms with E-state index in [2.05, 4.69) is 15.9 Å².